The van der Waals surface area contributed by atoms with Crippen molar-refractivity contribution in [2.75, 3.05) is 5.32 Å². The number of anilines is 1. The van der Waals surface area contributed by atoms with Gasteiger partial charge < -0.3 is 15.8 Å². The summed E-state index contributed by atoms with van der Waals surface area (Å²) >= 11 is 0. The first-order valence-electron chi connectivity index (χ1n) is 7.99. The Balaban J connectivity index is 2.01. The van der Waals surface area contributed by atoms with Crippen molar-refractivity contribution < 1.29 is 13.9 Å². The standard InChI is InChI=1S/C17H25FN2O2/c1-3-10-17(2,19)16(21)20-12-8-9-15(14(18)11-12)22-13-6-4-5-7-13/h8-9,11,13H,3-7,10,19H2,1-2H3,(H,20,21). The van der Waals surface area contributed by atoms with Gasteiger partial charge in [-0.1, -0.05) is 13.3 Å². The van der Waals surface area contributed by atoms with E-state index in [0.717, 1.165) is 32.1 Å². The molecular weight excluding hydrogens is 283 g/mol. The van der Waals surface area contributed by atoms with Gasteiger partial charge in [0.1, 0.15) is 0 Å². The van der Waals surface area contributed by atoms with E-state index in [4.69, 9.17) is 10.5 Å². The summed E-state index contributed by atoms with van der Waals surface area (Å²) in [6.45, 7) is 3.65. The maximum atomic E-state index is 14.1. The molecule has 0 spiro atoms. The van der Waals surface area contributed by atoms with Crippen LogP contribution in [0.1, 0.15) is 52.4 Å². The summed E-state index contributed by atoms with van der Waals surface area (Å²) in [5.41, 5.74) is 5.41. The van der Waals surface area contributed by atoms with E-state index in [9.17, 15) is 9.18 Å². The van der Waals surface area contributed by atoms with Crippen molar-refractivity contribution in [1.82, 2.24) is 0 Å². The Morgan fingerprint density at radius 3 is 2.73 bits per heavy atom. The van der Waals surface area contributed by atoms with Gasteiger partial charge in [-0.25, -0.2) is 4.39 Å². The molecule has 5 heteroatoms. The first-order valence-corrected chi connectivity index (χ1v) is 7.99. The minimum Gasteiger partial charge on any atom is -0.487 e. The van der Waals surface area contributed by atoms with Gasteiger partial charge in [-0.2, -0.15) is 0 Å². The zero-order valence-corrected chi connectivity index (χ0v) is 13.3. The number of hydrogen-bond acceptors (Lipinski definition) is 3. The SMILES string of the molecule is CCCC(C)(N)C(=O)Nc1ccc(OC2CCCC2)c(F)c1. The second-order valence-corrected chi connectivity index (χ2v) is 6.29. The van der Waals surface area contributed by atoms with Crippen molar-refractivity contribution in [2.45, 2.75) is 64.0 Å². The van der Waals surface area contributed by atoms with Crippen LogP contribution in [0.4, 0.5) is 10.1 Å². The normalized spacial score (nSPS) is 18.0. The summed E-state index contributed by atoms with van der Waals surface area (Å²) in [5.74, 6) is -0.522. The van der Waals surface area contributed by atoms with E-state index in [2.05, 4.69) is 5.32 Å². The van der Waals surface area contributed by atoms with Gasteiger partial charge in [0.05, 0.1) is 11.6 Å². The number of amides is 1. The van der Waals surface area contributed by atoms with Crippen LogP contribution in [0.15, 0.2) is 18.2 Å². The lowest BCUT2D eigenvalue weighted by Crippen LogP contribution is -2.48. The Morgan fingerprint density at radius 2 is 2.14 bits per heavy atom. The predicted octanol–water partition coefficient (Wildman–Crippen LogP) is 3.60. The van der Waals surface area contributed by atoms with Crippen molar-refractivity contribution in [3.63, 3.8) is 0 Å². The van der Waals surface area contributed by atoms with Gasteiger partial charge in [-0.05, 0) is 51.2 Å². The van der Waals surface area contributed by atoms with Crippen LogP contribution < -0.4 is 15.8 Å². The molecule has 1 unspecified atom stereocenters. The average molecular weight is 308 g/mol. The number of halogens is 1. The van der Waals surface area contributed by atoms with E-state index in [-0.39, 0.29) is 17.8 Å². The number of benzene rings is 1. The average Bonchev–Trinajstić information content (AvgIpc) is 2.94. The molecule has 1 atom stereocenters. The molecule has 0 aliphatic heterocycles. The molecule has 122 valence electrons. The van der Waals surface area contributed by atoms with Crippen LogP contribution in [0.3, 0.4) is 0 Å². The minimum atomic E-state index is -0.954. The number of carbonyl (C=O) groups excluding carboxylic acids is 1. The fourth-order valence-corrected chi connectivity index (χ4v) is 2.77. The summed E-state index contributed by atoms with van der Waals surface area (Å²) in [7, 11) is 0. The minimum absolute atomic E-state index is 0.104. The van der Waals surface area contributed by atoms with Crippen LogP contribution in [0.2, 0.25) is 0 Å². The van der Waals surface area contributed by atoms with Gasteiger partial charge >= 0.3 is 0 Å². The van der Waals surface area contributed by atoms with E-state index >= 15 is 0 Å². The third kappa shape index (κ3) is 4.19. The fraction of sp³-hybridized carbons (Fsp3) is 0.588. The van der Waals surface area contributed by atoms with Crippen LogP contribution in [0, 0.1) is 5.82 Å². The molecule has 0 heterocycles. The first kappa shape index (κ1) is 16.7. The van der Waals surface area contributed by atoms with Gasteiger partial charge in [0.15, 0.2) is 11.6 Å². The number of nitrogens with one attached hydrogen (secondary N) is 1. The topological polar surface area (TPSA) is 64.4 Å². The smallest absolute Gasteiger partial charge is 0.244 e. The van der Waals surface area contributed by atoms with Gasteiger partial charge in [0, 0.05) is 11.8 Å². The summed E-state index contributed by atoms with van der Waals surface area (Å²) in [6, 6.07) is 4.49. The Hall–Kier alpha value is -1.62. The zero-order chi connectivity index (χ0) is 16.2. The molecule has 4 nitrogen and oxygen atoms in total. The van der Waals surface area contributed by atoms with Crippen LogP contribution in [0.5, 0.6) is 5.75 Å². The lowest BCUT2D eigenvalue weighted by atomic mass is 9.96. The van der Waals surface area contributed by atoms with Crippen molar-refractivity contribution in [2.24, 2.45) is 5.73 Å². The molecule has 1 saturated carbocycles. The summed E-state index contributed by atoms with van der Waals surface area (Å²) in [4.78, 5) is 12.1. The van der Waals surface area contributed by atoms with Crippen molar-refractivity contribution >= 4 is 11.6 Å². The zero-order valence-electron chi connectivity index (χ0n) is 13.3. The van der Waals surface area contributed by atoms with Gasteiger partial charge in [0.2, 0.25) is 5.91 Å². The predicted molar refractivity (Wildman–Crippen MR) is 85.4 cm³/mol. The maximum Gasteiger partial charge on any atom is 0.244 e. The number of carbonyl (C=O) groups is 1. The molecule has 2 rings (SSSR count). The summed E-state index contributed by atoms with van der Waals surface area (Å²) in [5, 5.41) is 2.67. The molecule has 1 fully saturated rings. The Labute approximate surface area is 131 Å². The van der Waals surface area contributed by atoms with Gasteiger partial charge in [-0.3, -0.25) is 4.79 Å². The van der Waals surface area contributed by atoms with E-state index < -0.39 is 11.4 Å². The lowest BCUT2D eigenvalue weighted by molar-refractivity contribution is -0.120. The van der Waals surface area contributed by atoms with Crippen LogP contribution in [-0.4, -0.2) is 17.6 Å². The number of nitrogens with two attached hydrogens (primary N) is 1. The van der Waals surface area contributed by atoms with Gasteiger partial charge in [-0.15, -0.1) is 0 Å². The molecule has 1 aliphatic rings. The van der Waals surface area contributed by atoms with E-state index in [1.165, 1.54) is 6.07 Å². The van der Waals surface area contributed by atoms with Crippen LogP contribution in [0.25, 0.3) is 0 Å². The molecule has 1 aromatic carbocycles. The van der Waals surface area contributed by atoms with Crippen LogP contribution >= 0.6 is 0 Å². The molecule has 3 N–H and O–H groups in total. The fourth-order valence-electron chi connectivity index (χ4n) is 2.77. The first-order chi connectivity index (χ1) is 10.4. The Bertz CT molecular complexity index is 525. The van der Waals surface area contributed by atoms with Crippen molar-refractivity contribution in [3.05, 3.63) is 24.0 Å². The quantitative estimate of drug-likeness (QED) is 0.844. The highest BCUT2D eigenvalue weighted by molar-refractivity contribution is 5.97. The molecule has 1 aliphatic carbocycles. The second kappa shape index (κ2) is 7.09. The molecule has 1 aromatic rings. The molecule has 1 amide bonds. The van der Waals surface area contributed by atoms with E-state index in [1.54, 1.807) is 19.1 Å². The third-order valence-corrected chi connectivity index (χ3v) is 4.07. The largest absolute Gasteiger partial charge is 0.487 e. The molecule has 0 saturated heterocycles. The summed E-state index contributed by atoms with van der Waals surface area (Å²) < 4.78 is 19.8. The Morgan fingerprint density at radius 1 is 1.45 bits per heavy atom. The van der Waals surface area contributed by atoms with Crippen LogP contribution in [-0.2, 0) is 4.79 Å². The highest BCUT2D eigenvalue weighted by Gasteiger charge is 2.27. The number of ether oxygens (including phenoxy) is 1. The second-order valence-electron chi connectivity index (χ2n) is 6.29. The van der Waals surface area contributed by atoms with E-state index in [0.29, 0.717) is 12.1 Å². The molecule has 22 heavy (non-hydrogen) atoms. The number of hydrogen-bond donors (Lipinski definition) is 2. The van der Waals surface area contributed by atoms with Crippen molar-refractivity contribution in [3.8, 4) is 5.75 Å². The summed E-state index contributed by atoms with van der Waals surface area (Å²) in [6.07, 6.45) is 5.69. The molecule has 0 radical (unpaired) electrons. The monoisotopic (exact) mass is 308 g/mol. The van der Waals surface area contributed by atoms with Gasteiger partial charge in [0.25, 0.3) is 0 Å². The highest BCUT2D eigenvalue weighted by Crippen LogP contribution is 2.28. The molecular formula is C17H25FN2O2. The molecule has 0 aromatic heterocycles. The van der Waals surface area contributed by atoms with E-state index in [1.807, 2.05) is 6.92 Å². The third-order valence-electron chi connectivity index (χ3n) is 4.07. The lowest BCUT2D eigenvalue weighted by Gasteiger charge is -2.23. The maximum absolute atomic E-state index is 14.1. The van der Waals surface area contributed by atoms with Crippen molar-refractivity contribution in [1.29, 1.82) is 0 Å². The molecule has 0 bridgehead atoms. The Kier molecular flexibility index (Phi) is 5.40. The number of rotatable bonds is 6. The highest BCUT2D eigenvalue weighted by atomic mass is 19.1.